The van der Waals surface area contributed by atoms with Crippen LogP contribution in [0.4, 0.5) is 0 Å². The van der Waals surface area contributed by atoms with Crippen LogP contribution in [0.5, 0.6) is 0 Å². The van der Waals surface area contributed by atoms with E-state index in [0.717, 1.165) is 31.0 Å². The molecule has 1 N–H and O–H groups in total. The second-order valence-electron chi connectivity index (χ2n) is 5.18. The molecule has 0 bridgehead atoms. The number of piperidine rings is 1. The molecule has 1 saturated heterocycles. The zero-order valence-corrected chi connectivity index (χ0v) is 11.2. The smallest absolute Gasteiger partial charge is 0.223 e. The quantitative estimate of drug-likeness (QED) is 0.888. The Morgan fingerprint density at radius 1 is 1.56 bits per heavy atom. The van der Waals surface area contributed by atoms with Crippen LogP contribution in [0.2, 0.25) is 0 Å². The van der Waals surface area contributed by atoms with Crippen molar-refractivity contribution >= 4 is 5.91 Å². The van der Waals surface area contributed by atoms with Crippen LogP contribution in [0, 0.1) is 12.8 Å². The molecule has 2 heterocycles. The van der Waals surface area contributed by atoms with E-state index in [1.807, 2.05) is 26.1 Å². The number of nitrogens with one attached hydrogen (secondary N) is 1. The molecule has 1 aliphatic rings. The minimum Gasteiger partial charge on any atom is -0.464 e. The zero-order chi connectivity index (χ0) is 13.0. The third kappa shape index (κ3) is 3.60. The molecular weight excluding hydrogens is 228 g/mol. The highest BCUT2D eigenvalue weighted by atomic mass is 16.3. The van der Waals surface area contributed by atoms with Gasteiger partial charge in [0.1, 0.15) is 11.5 Å². The lowest BCUT2D eigenvalue weighted by Gasteiger charge is -2.24. The van der Waals surface area contributed by atoms with Gasteiger partial charge in [-0.05, 0) is 50.9 Å². The Morgan fingerprint density at radius 2 is 2.39 bits per heavy atom. The summed E-state index contributed by atoms with van der Waals surface area (Å²) < 4.78 is 5.49. The number of rotatable bonds is 4. The minimum atomic E-state index is 0.206. The van der Waals surface area contributed by atoms with Crippen molar-refractivity contribution in [2.45, 2.75) is 32.7 Å². The molecule has 100 valence electrons. The third-order valence-electron chi connectivity index (χ3n) is 3.48. The molecule has 0 spiro atoms. The molecule has 1 unspecified atom stereocenters. The van der Waals surface area contributed by atoms with Gasteiger partial charge in [-0.15, -0.1) is 0 Å². The van der Waals surface area contributed by atoms with Crippen LogP contribution >= 0.6 is 0 Å². The Hall–Kier alpha value is -1.29. The highest BCUT2D eigenvalue weighted by molar-refractivity contribution is 5.76. The van der Waals surface area contributed by atoms with Gasteiger partial charge in [0, 0.05) is 13.5 Å². The lowest BCUT2D eigenvalue weighted by atomic mass is 9.96. The summed E-state index contributed by atoms with van der Waals surface area (Å²) in [4.78, 5) is 13.8. The topological polar surface area (TPSA) is 45.5 Å². The minimum absolute atomic E-state index is 0.206. The fraction of sp³-hybridized carbons (Fsp3) is 0.643. The van der Waals surface area contributed by atoms with Crippen LogP contribution in [0.15, 0.2) is 16.5 Å². The second-order valence-corrected chi connectivity index (χ2v) is 5.18. The zero-order valence-electron chi connectivity index (χ0n) is 11.2. The number of furan rings is 1. The molecule has 1 aliphatic heterocycles. The fourth-order valence-electron chi connectivity index (χ4n) is 2.39. The van der Waals surface area contributed by atoms with Crippen molar-refractivity contribution in [1.29, 1.82) is 0 Å². The number of carbonyl (C=O) groups is 1. The molecule has 18 heavy (non-hydrogen) atoms. The van der Waals surface area contributed by atoms with Crippen molar-refractivity contribution in [1.82, 2.24) is 10.2 Å². The molecule has 0 aromatic carbocycles. The predicted octanol–water partition coefficient (Wildman–Crippen LogP) is 1.94. The van der Waals surface area contributed by atoms with Gasteiger partial charge in [-0.2, -0.15) is 0 Å². The average molecular weight is 250 g/mol. The molecule has 0 aliphatic carbocycles. The maximum atomic E-state index is 12.1. The molecule has 1 amide bonds. The first-order valence-corrected chi connectivity index (χ1v) is 6.65. The summed E-state index contributed by atoms with van der Waals surface area (Å²) in [5.74, 6) is 2.44. The van der Waals surface area contributed by atoms with E-state index in [0.29, 0.717) is 18.9 Å². The normalized spacial score (nSPS) is 19.8. The van der Waals surface area contributed by atoms with Crippen LogP contribution in [-0.2, 0) is 11.3 Å². The van der Waals surface area contributed by atoms with E-state index < -0.39 is 0 Å². The van der Waals surface area contributed by atoms with E-state index in [1.165, 1.54) is 6.42 Å². The fourth-order valence-corrected chi connectivity index (χ4v) is 2.39. The number of nitrogens with zero attached hydrogens (tertiary/aromatic N) is 1. The average Bonchev–Trinajstić information content (AvgIpc) is 2.76. The monoisotopic (exact) mass is 250 g/mol. The Balaban J connectivity index is 1.80. The first-order chi connectivity index (χ1) is 8.65. The number of hydrogen-bond donors (Lipinski definition) is 1. The molecule has 0 saturated carbocycles. The van der Waals surface area contributed by atoms with Crippen LogP contribution in [0.1, 0.15) is 30.8 Å². The van der Waals surface area contributed by atoms with Crippen LogP contribution in [0.3, 0.4) is 0 Å². The number of carbonyl (C=O) groups excluding carboxylic acids is 1. The predicted molar refractivity (Wildman–Crippen MR) is 70.1 cm³/mol. The van der Waals surface area contributed by atoms with E-state index in [9.17, 15) is 4.79 Å². The molecular formula is C14H22N2O2. The third-order valence-corrected chi connectivity index (χ3v) is 3.48. The lowest BCUT2D eigenvalue weighted by molar-refractivity contribution is -0.131. The molecule has 1 aromatic heterocycles. The first-order valence-electron chi connectivity index (χ1n) is 6.65. The van der Waals surface area contributed by atoms with E-state index in [1.54, 1.807) is 4.90 Å². The van der Waals surface area contributed by atoms with Crippen molar-refractivity contribution in [2.75, 3.05) is 20.1 Å². The summed E-state index contributed by atoms with van der Waals surface area (Å²) in [5, 5.41) is 3.34. The number of aryl methyl sites for hydroxylation is 1. The summed E-state index contributed by atoms with van der Waals surface area (Å²) in [6, 6.07) is 3.86. The Bertz CT molecular complexity index is 394. The number of amides is 1. The van der Waals surface area contributed by atoms with Crippen molar-refractivity contribution < 1.29 is 9.21 Å². The van der Waals surface area contributed by atoms with Gasteiger partial charge < -0.3 is 14.6 Å². The van der Waals surface area contributed by atoms with Gasteiger partial charge in [0.15, 0.2) is 0 Å². The molecule has 2 rings (SSSR count). The Morgan fingerprint density at radius 3 is 3.00 bits per heavy atom. The first kappa shape index (κ1) is 13.1. The highest BCUT2D eigenvalue weighted by Crippen LogP contribution is 2.16. The highest BCUT2D eigenvalue weighted by Gasteiger charge is 2.19. The molecule has 4 nitrogen and oxygen atoms in total. The maximum Gasteiger partial charge on any atom is 0.223 e. The van der Waals surface area contributed by atoms with E-state index in [-0.39, 0.29) is 5.91 Å². The standard InChI is InChI=1S/C14H22N2O2/c1-11-5-6-13(18-11)10-16(2)14(17)8-12-4-3-7-15-9-12/h5-6,12,15H,3-4,7-10H2,1-2H3. The molecule has 4 heteroatoms. The molecule has 1 atom stereocenters. The van der Waals surface area contributed by atoms with Crippen LogP contribution < -0.4 is 5.32 Å². The van der Waals surface area contributed by atoms with Crippen molar-refractivity contribution in [2.24, 2.45) is 5.92 Å². The van der Waals surface area contributed by atoms with Crippen molar-refractivity contribution in [3.8, 4) is 0 Å². The maximum absolute atomic E-state index is 12.1. The van der Waals surface area contributed by atoms with E-state index in [4.69, 9.17) is 4.42 Å². The van der Waals surface area contributed by atoms with Gasteiger partial charge in [0.2, 0.25) is 5.91 Å². The summed E-state index contributed by atoms with van der Waals surface area (Å²) in [6.07, 6.45) is 2.98. The molecule has 1 fully saturated rings. The van der Waals surface area contributed by atoms with Crippen molar-refractivity contribution in [3.63, 3.8) is 0 Å². The van der Waals surface area contributed by atoms with Gasteiger partial charge in [0.05, 0.1) is 6.54 Å². The van der Waals surface area contributed by atoms with Gasteiger partial charge in [-0.3, -0.25) is 4.79 Å². The van der Waals surface area contributed by atoms with Gasteiger partial charge in [0.25, 0.3) is 0 Å². The summed E-state index contributed by atoms with van der Waals surface area (Å²) in [7, 11) is 1.84. The van der Waals surface area contributed by atoms with Crippen LogP contribution in [0.25, 0.3) is 0 Å². The Kier molecular flexibility index (Phi) is 4.42. The largest absolute Gasteiger partial charge is 0.464 e. The lowest BCUT2D eigenvalue weighted by Crippen LogP contribution is -2.34. The van der Waals surface area contributed by atoms with E-state index >= 15 is 0 Å². The van der Waals surface area contributed by atoms with Crippen LogP contribution in [-0.4, -0.2) is 30.9 Å². The van der Waals surface area contributed by atoms with Gasteiger partial charge in [-0.25, -0.2) is 0 Å². The summed E-state index contributed by atoms with van der Waals surface area (Å²) in [6.45, 7) is 4.54. The summed E-state index contributed by atoms with van der Waals surface area (Å²) in [5.41, 5.74) is 0. The van der Waals surface area contributed by atoms with Gasteiger partial charge >= 0.3 is 0 Å². The Labute approximate surface area is 108 Å². The summed E-state index contributed by atoms with van der Waals surface area (Å²) >= 11 is 0. The van der Waals surface area contributed by atoms with Gasteiger partial charge in [-0.1, -0.05) is 0 Å². The van der Waals surface area contributed by atoms with E-state index in [2.05, 4.69) is 5.32 Å². The SMILES string of the molecule is Cc1ccc(CN(C)C(=O)CC2CCCNC2)o1. The number of hydrogen-bond acceptors (Lipinski definition) is 3. The molecule has 0 radical (unpaired) electrons. The molecule has 1 aromatic rings. The van der Waals surface area contributed by atoms with Crippen molar-refractivity contribution in [3.05, 3.63) is 23.7 Å². The second kappa shape index (κ2) is 6.05.